The number of aromatic nitrogens is 2. The Labute approximate surface area is 123 Å². The molecule has 4 nitrogen and oxygen atoms in total. The zero-order valence-corrected chi connectivity index (χ0v) is 13.5. The third-order valence-corrected chi connectivity index (χ3v) is 4.52. The van der Waals surface area contributed by atoms with Gasteiger partial charge in [-0.2, -0.15) is 5.10 Å². The summed E-state index contributed by atoms with van der Waals surface area (Å²) < 4.78 is 2.17. The summed E-state index contributed by atoms with van der Waals surface area (Å²) in [5, 5.41) is 8.21. The monoisotopic (exact) mass is 278 g/mol. The Morgan fingerprint density at radius 1 is 1.30 bits per heavy atom. The van der Waals surface area contributed by atoms with Gasteiger partial charge in [0.15, 0.2) is 0 Å². The standard InChI is InChI=1S/C16H30N4/c1-5-11-20-14(9-10-18-20)15(17-6-2)16(3,4)19-12-7-8-13-19/h9-10,15,17H,5-8,11-13H2,1-4H3. The Morgan fingerprint density at radius 2 is 2.00 bits per heavy atom. The van der Waals surface area contributed by atoms with Crippen molar-refractivity contribution in [3.8, 4) is 0 Å². The van der Waals surface area contributed by atoms with Crippen LogP contribution in [0, 0.1) is 0 Å². The van der Waals surface area contributed by atoms with E-state index in [4.69, 9.17) is 0 Å². The Bertz CT molecular complexity index is 404. The van der Waals surface area contributed by atoms with Gasteiger partial charge in [-0.1, -0.05) is 13.8 Å². The lowest BCUT2D eigenvalue weighted by Gasteiger charge is -2.42. The predicted octanol–water partition coefficient (Wildman–Crippen LogP) is 2.82. The molecule has 0 saturated carbocycles. The van der Waals surface area contributed by atoms with E-state index in [-0.39, 0.29) is 5.54 Å². The van der Waals surface area contributed by atoms with Gasteiger partial charge in [-0.15, -0.1) is 0 Å². The van der Waals surface area contributed by atoms with Crippen molar-refractivity contribution >= 4 is 0 Å². The van der Waals surface area contributed by atoms with Crippen molar-refractivity contribution in [1.29, 1.82) is 0 Å². The van der Waals surface area contributed by atoms with E-state index in [0.29, 0.717) is 6.04 Å². The van der Waals surface area contributed by atoms with Gasteiger partial charge in [-0.3, -0.25) is 9.58 Å². The largest absolute Gasteiger partial charge is 0.307 e. The quantitative estimate of drug-likeness (QED) is 0.832. The topological polar surface area (TPSA) is 33.1 Å². The molecule has 1 atom stereocenters. The molecule has 20 heavy (non-hydrogen) atoms. The molecule has 1 aliphatic heterocycles. The van der Waals surface area contributed by atoms with Crippen molar-refractivity contribution in [3.63, 3.8) is 0 Å². The van der Waals surface area contributed by atoms with E-state index in [1.165, 1.54) is 31.6 Å². The second kappa shape index (κ2) is 6.72. The summed E-state index contributed by atoms with van der Waals surface area (Å²) in [6.45, 7) is 13.6. The van der Waals surface area contributed by atoms with Crippen LogP contribution in [0.15, 0.2) is 12.3 Å². The maximum Gasteiger partial charge on any atom is 0.0673 e. The van der Waals surface area contributed by atoms with Crippen LogP contribution in [0.5, 0.6) is 0 Å². The maximum absolute atomic E-state index is 4.51. The summed E-state index contributed by atoms with van der Waals surface area (Å²) in [4.78, 5) is 2.63. The lowest BCUT2D eigenvalue weighted by Crippen LogP contribution is -2.52. The third kappa shape index (κ3) is 3.07. The number of likely N-dealkylation sites (N-methyl/N-ethyl adjacent to an activating group) is 1. The number of nitrogens with zero attached hydrogens (tertiary/aromatic N) is 3. The van der Waals surface area contributed by atoms with Crippen LogP contribution in [0.1, 0.15) is 58.7 Å². The van der Waals surface area contributed by atoms with Crippen molar-refractivity contribution in [2.45, 2.75) is 65.1 Å². The molecule has 0 radical (unpaired) electrons. The molecule has 2 rings (SSSR count). The molecular formula is C16H30N4. The minimum Gasteiger partial charge on any atom is -0.307 e. The first kappa shape index (κ1) is 15.5. The summed E-state index contributed by atoms with van der Waals surface area (Å²) >= 11 is 0. The number of aryl methyl sites for hydroxylation is 1. The molecule has 0 aromatic carbocycles. The average molecular weight is 278 g/mol. The Kier molecular flexibility index (Phi) is 5.22. The van der Waals surface area contributed by atoms with E-state index in [1.54, 1.807) is 0 Å². The van der Waals surface area contributed by atoms with Gasteiger partial charge >= 0.3 is 0 Å². The summed E-state index contributed by atoms with van der Waals surface area (Å²) in [7, 11) is 0. The van der Waals surface area contributed by atoms with Crippen LogP contribution in [0.2, 0.25) is 0 Å². The first-order chi connectivity index (χ1) is 9.61. The van der Waals surface area contributed by atoms with Crippen LogP contribution in [-0.4, -0.2) is 39.9 Å². The highest BCUT2D eigenvalue weighted by Gasteiger charge is 2.38. The van der Waals surface area contributed by atoms with Crippen LogP contribution in [0.3, 0.4) is 0 Å². The highest BCUT2D eigenvalue weighted by Crippen LogP contribution is 2.33. The molecule has 1 fully saturated rings. The highest BCUT2D eigenvalue weighted by molar-refractivity contribution is 5.14. The van der Waals surface area contributed by atoms with Gasteiger partial charge in [-0.25, -0.2) is 0 Å². The van der Waals surface area contributed by atoms with Crippen LogP contribution in [0.25, 0.3) is 0 Å². The van der Waals surface area contributed by atoms with Gasteiger partial charge in [0.05, 0.1) is 11.7 Å². The summed E-state index contributed by atoms with van der Waals surface area (Å²) in [5.74, 6) is 0. The number of likely N-dealkylation sites (tertiary alicyclic amines) is 1. The zero-order chi connectivity index (χ0) is 14.6. The van der Waals surface area contributed by atoms with Gasteiger partial charge < -0.3 is 5.32 Å². The first-order valence-corrected chi connectivity index (χ1v) is 8.11. The van der Waals surface area contributed by atoms with E-state index in [9.17, 15) is 0 Å². The van der Waals surface area contributed by atoms with Crippen molar-refractivity contribution in [2.75, 3.05) is 19.6 Å². The van der Waals surface area contributed by atoms with Gasteiger partial charge in [0.25, 0.3) is 0 Å². The fourth-order valence-electron chi connectivity index (χ4n) is 3.38. The molecule has 2 heterocycles. The zero-order valence-electron chi connectivity index (χ0n) is 13.5. The van der Waals surface area contributed by atoms with E-state index >= 15 is 0 Å². The van der Waals surface area contributed by atoms with Gasteiger partial charge in [-0.05, 0) is 58.8 Å². The van der Waals surface area contributed by atoms with Crippen LogP contribution in [-0.2, 0) is 6.54 Å². The molecule has 0 spiro atoms. The molecular weight excluding hydrogens is 248 g/mol. The highest BCUT2D eigenvalue weighted by atomic mass is 15.3. The van der Waals surface area contributed by atoms with Crippen molar-refractivity contribution in [2.24, 2.45) is 0 Å². The second-order valence-electron chi connectivity index (χ2n) is 6.32. The van der Waals surface area contributed by atoms with Gasteiger partial charge in [0, 0.05) is 18.3 Å². The molecule has 0 bridgehead atoms. The molecule has 1 aromatic rings. The molecule has 1 N–H and O–H groups in total. The number of nitrogens with one attached hydrogen (secondary N) is 1. The molecule has 1 unspecified atom stereocenters. The lowest BCUT2D eigenvalue weighted by molar-refractivity contribution is 0.103. The summed E-state index contributed by atoms with van der Waals surface area (Å²) in [6, 6.07) is 2.51. The Morgan fingerprint density at radius 3 is 2.60 bits per heavy atom. The van der Waals surface area contributed by atoms with Crippen molar-refractivity contribution < 1.29 is 0 Å². The minimum absolute atomic E-state index is 0.123. The molecule has 1 saturated heterocycles. The Hall–Kier alpha value is -0.870. The molecule has 1 aromatic heterocycles. The number of rotatable bonds is 7. The molecule has 114 valence electrons. The van der Waals surface area contributed by atoms with Crippen molar-refractivity contribution in [3.05, 3.63) is 18.0 Å². The molecule has 1 aliphatic rings. The number of hydrogen-bond acceptors (Lipinski definition) is 3. The van der Waals surface area contributed by atoms with E-state index in [1.807, 2.05) is 6.20 Å². The van der Waals surface area contributed by atoms with Gasteiger partial charge in [0.1, 0.15) is 0 Å². The minimum atomic E-state index is 0.123. The summed E-state index contributed by atoms with van der Waals surface area (Å²) in [5.41, 5.74) is 1.45. The van der Waals surface area contributed by atoms with E-state index in [2.05, 4.69) is 53.8 Å². The molecule has 4 heteroatoms. The third-order valence-electron chi connectivity index (χ3n) is 4.52. The Balaban J connectivity index is 2.26. The average Bonchev–Trinajstić information content (AvgIpc) is 3.07. The smallest absolute Gasteiger partial charge is 0.0673 e. The number of hydrogen-bond donors (Lipinski definition) is 1. The van der Waals surface area contributed by atoms with Crippen molar-refractivity contribution in [1.82, 2.24) is 20.0 Å². The van der Waals surface area contributed by atoms with Gasteiger partial charge in [0.2, 0.25) is 0 Å². The second-order valence-corrected chi connectivity index (χ2v) is 6.32. The van der Waals surface area contributed by atoms with Crippen LogP contribution >= 0.6 is 0 Å². The fraction of sp³-hybridized carbons (Fsp3) is 0.812. The summed E-state index contributed by atoms with van der Waals surface area (Å²) in [6.07, 6.45) is 5.72. The maximum atomic E-state index is 4.51. The predicted molar refractivity (Wildman–Crippen MR) is 83.8 cm³/mol. The van der Waals surface area contributed by atoms with E-state index < -0.39 is 0 Å². The first-order valence-electron chi connectivity index (χ1n) is 8.11. The normalized spacial score (nSPS) is 18.6. The van der Waals surface area contributed by atoms with E-state index in [0.717, 1.165) is 19.5 Å². The molecule has 0 aliphatic carbocycles. The van der Waals surface area contributed by atoms with Crippen LogP contribution in [0.4, 0.5) is 0 Å². The lowest BCUT2D eigenvalue weighted by atomic mass is 9.89. The molecule has 0 amide bonds. The fourth-order valence-corrected chi connectivity index (χ4v) is 3.38. The SMILES string of the molecule is CCCn1nccc1C(NCC)C(C)(C)N1CCCC1. The van der Waals surface area contributed by atoms with Crippen LogP contribution < -0.4 is 5.32 Å².